The molecular formula is C12H17N5O2S2. The molecule has 0 aliphatic carbocycles. The van der Waals surface area contributed by atoms with Crippen LogP contribution in [0, 0.1) is 0 Å². The number of sulfonamides is 1. The summed E-state index contributed by atoms with van der Waals surface area (Å²) in [6, 6.07) is 0. The van der Waals surface area contributed by atoms with Crippen molar-refractivity contribution in [2.24, 2.45) is 0 Å². The number of aromatic nitrogens is 3. The molecule has 21 heavy (non-hydrogen) atoms. The molecule has 0 radical (unpaired) electrons. The van der Waals surface area contributed by atoms with E-state index in [2.05, 4.69) is 25.0 Å². The summed E-state index contributed by atoms with van der Waals surface area (Å²) in [4.78, 5) is 12.1. The highest BCUT2D eigenvalue weighted by atomic mass is 32.2. The Bertz CT molecular complexity index is 641. The van der Waals surface area contributed by atoms with E-state index in [0.717, 1.165) is 18.7 Å². The first-order valence-electron chi connectivity index (χ1n) is 6.54. The van der Waals surface area contributed by atoms with Gasteiger partial charge in [-0.15, -0.1) is 11.3 Å². The predicted molar refractivity (Wildman–Crippen MR) is 81.8 cm³/mol. The van der Waals surface area contributed by atoms with E-state index < -0.39 is 10.0 Å². The molecule has 0 saturated heterocycles. The third-order valence-electron chi connectivity index (χ3n) is 2.63. The number of hydrogen-bond donors (Lipinski definition) is 2. The molecule has 0 unspecified atom stereocenters. The topological polar surface area (TPSA) is 96.9 Å². The number of rotatable bonds is 8. The number of nitrogens with one attached hydrogen (secondary N) is 2. The lowest BCUT2D eigenvalue weighted by atomic mass is 10.3. The minimum Gasteiger partial charge on any atom is -0.354 e. The molecule has 0 saturated carbocycles. The van der Waals surface area contributed by atoms with Crippen LogP contribution in [0.3, 0.4) is 0 Å². The Morgan fingerprint density at radius 1 is 1.19 bits per heavy atom. The number of thiazole rings is 1. The van der Waals surface area contributed by atoms with Gasteiger partial charge in [-0.05, 0) is 6.42 Å². The normalized spacial score (nSPS) is 11.5. The summed E-state index contributed by atoms with van der Waals surface area (Å²) in [5, 5.41) is 4.88. The highest BCUT2D eigenvalue weighted by Crippen LogP contribution is 2.08. The molecule has 2 aromatic heterocycles. The molecule has 0 atom stereocenters. The van der Waals surface area contributed by atoms with E-state index in [0.29, 0.717) is 18.9 Å². The lowest BCUT2D eigenvalue weighted by Crippen LogP contribution is -2.26. The highest BCUT2D eigenvalue weighted by Gasteiger charge is 2.14. The van der Waals surface area contributed by atoms with Crippen LogP contribution in [0.2, 0.25) is 0 Å². The summed E-state index contributed by atoms with van der Waals surface area (Å²) in [5.74, 6) is 0.429. The Morgan fingerprint density at radius 2 is 1.95 bits per heavy atom. The summed E-state index contributed by atoms with van der Waals surface area (Å²) >= 11 is 1.49. The van der Waals surface area contributed by atoms with E-state index in [1.54, 1.807) is 5.51 Å². The van der Waals surface area contributed by atoms with Gasteiger partial charge >= 0.3 is 0 Å². The third kappa shape index (κ3) is 4.73. The van der Waals surface area contributed by atoms with Crippen LogP contribution in [0.15, 0.2) is 28.2 Å². The summed E-state index contributed by atoms with van der Waals surface area (Å²) < 4.78 is 26.6. The second-order valence-corrected chi connectivity index (χ2v) is 6.78. The van der Waals surface area contributed by atoms with Gasteiger partial charge in [0.05, 0.1) is 23.6 Å². The summed E-state index contributed by atoms with van der Waals surface area (Å²) in [6.07, 6.45) is 4.10. The predicted octanol–water partition coefficient (Wildman–Crippen LogP) is 1.28. The third-order valence-corrected chi connectivity index (χ3v) is 4.68. The average Bonchev–Trinajstić information content (AvgIpc) is 2.98. The lowest BCUT2D eigenvalue weighted by Gasteiger charge is -2.06. The average molecular weight is 327 g/mol. The Hall–Kier alpha value is -1.58. The largest absolute Gasteiger partial charge is 0.354 e. The van der Waals surface area contributed by atoms with Crippen molar-refractivity contribution in [2.45, 2.75) is 24.7 Å². The molecule has 0 spiro atoms. The van der Waals surface area contributed by atoms with E-state index >= 15 is 0 Å². The van der Waals surface area contributed by atoms with Gasteiger partial charge in [0.15, 0.2) is 0 Å². The van der Waals surface area contributed by atoms with Gasteiger partial charge in [0.25, 0.3) is 0 Å². The molecule has 114 valence electrons. The number of anilines is 1. The molecule has 2 aromatic rings. The maximum Gasteiger partial charge on any atom is 0.243 e. The zero-order valence-corrected chi connectivity index (χ0v) is 13.2. The van der Waals surface area contributed by atoms with Crippen LogP contribution in [0.25, 0.3) is 0 Å². The first kappa shape index (κ1) is 15.8. The van der Waals surface area contributed by atoms with Gasteiger partial charge in [0, 0.05) is 24.9 Å². The van der Waals surface area contributed by atoms with Crippen LogP contribution >= 0.6 is 11.3 Å². The fraction of sp³-hybridized carbons (Fsp3) is 0.417. The second-order valence-electron chi connectivity index (χ2n) is 4.30. The van der Waals surface area contributed by atoms with Gasteiger partial charge < -0.3 is 5.32 Å². The quantitative estimate of drug-likeness (QED) is 0.758. The van der Waals surface area contributed by atoms with Crippen LogP contribution in [-0.4, -0.2) is 36.5 Å². The molecule has 0 fully saturated rings. The molecular weight excluding hydrogens is 310 g/mol. The summed E-state index contributed by atoms with van der Waals surface area (Å²) in [5.41, 5.74) is 2.60. The molecule has 0 aromatic carbocycles. The van der Waals surface area contributed by atoms with Crippen LogP contribution in [0.4, 0.5) is 5.95 Å². The first-order chi connectivity index (χ1) is 10.1. The summed E-state index contributed by atoms with van der Waals surface area (Å²) in [6.45, 7) is 3.07. The number of hydrogen-bond acceptors (Lipinski definition) is 7. The van der Waals surface area contributed by atoms with Crippen molar-refractivity contribution in [1.82, 2.24) is 19.7 Å². The fourth-order valence-electron chi connectivity index (χ4n) is 1.54. The van der Waals surface area contributed by atoms with E-state index in [1.807, 2.05) is 12.3 Å². The molecule has 2 N–H and O–H groups in total. The molecule has 7 nitrogen and oxygen atoms in total. The van der Waals surface area contributed by atoms with Gasteiger partial charge in [-0.3, -0.25) is 0 Å². The maximum absolute atomic E-state index is 12.1. The summed E-state index contributed by atoms with van der Waals surface area (Å²) in [7, 11) is -3.58. The van der Waals surface area contributed by atoms with Crippen molar-refractivity contribution < 1.29 is 8.42 Å². The highest BCUT2D eigenvalue weighted by molar-refractivity contribution is 7.89. The Balaban J connectivity index is 1.92. The molecule has 0 bridgehead atoms. The van der Waals surface area contributed by atoms with Crippen molar-refractivity contribution in [1.29, 1.82) is 0 Å². The van der Waals surface area contributed by atoms with Crippen LogP contribution in [0.1, 0.15) is 19.0 Å². The van der Waals surface area contributed by atoms with Crippen molar-refractivity contribution >= 4 is 27.3 Å². The minimum absolute atomic E-state index is 0.0582. The van der Waals surface area contributed by atoms with Crippen molar-refractivity contribution in [3.8, 4) is 0 Å². The van der Waals surface area contributed by atoms with Gasteiger partial charge in [0.1, 0.15) is 4.90 Å². The smallest absolute Gasteiger partial charge is 0.243 e. The molecule has 9 heteroatoms. The lowest BCUT2D eigenvalue weighted by molar-refractivity contribution is 0.580. The molecule has 0 aliphatic rings. The molecule has 2 heterocycles. The Kier molecular flexibility index (Phi) is 5.59. The van der Waals surface area contributed by atoms with Crippen molar-refractivity contribution in [3.05, 3.63) is 29.0 Å². The fourth-order valence-corrected chi connectivity index (χ4v) is 3.05. The van der Waals surface area contributed by atoms with Gasteiger partial charge in [-0.1, -0.05) is 6.92 Å². The molecule has 0 amide bonds. The van der Waals surface area contributed by atoms with Crippen LogP contribution in [-0.2, 0) is 16.4 Å². The minimum atomic E-state index is -3.58. The van der Waals surface area contributed by atoms with Gasteiger partial charge in [-0.25, -0.2) is 28.1 Å². The Labute approximate surface area is 127 Å². The number of nitrogens with zero attached hydrogens (tertiary/aromatic N) is 3. The molecule has 2 rings (SSSR count). The van der Waals surface area contributed by atoms with Crippen LogP contribution in [0.5, 0.6) is 0 Å². The zero-order valence-electron chi connectivity index (χ0n) is 11.6. The second kappa shape index (κ2) is 7.43. The van der Waals surface area contributed by atoms with E-state index in [9.17, 15) is 8.42 Å². The van der Waals surface area contributed by atoms with Gasteiger partial charge in [0.2, 0.25) is 16.0 Å². The van der Waals surface area contributed by atoms with Gasteiger partial charge in [-0.2, -0.15) is 0 Å². The SMILES string of the molecule is CCCNc1ncc(S(=O)(=O)NCCc2cscn2)cn1. The van der Waals surface area contributed by atoms with Crippen molar-refractivity contribution in [2.75, 3.05) is 18.4 Å². The Morgan fingerprint density at radius 3 is 2.57 bits per heavy atom. The zero-order chi connectivity index (χ0) is 15.1. The first-order valence-corrected chi connectivity index (χ1v) is 8.97. The monoisotopic (exact) mass is 327 g/mol. The maximum atomic E-state index is 12.1. The van der Waals surface area contributed by atoms with Crippen LogP contribution < -0.4 is 10.0 Å². The van der Waals surface area contributed by atoms with E-state index in [-0.39, 0.29) is 4.90 Å². The van der Waals surface area contributed by atoms with E-state index in [4.69, 9.17) is 0 Å². The van der Waals surface area contributed by atoms with E-state index in [1.165, 1.54) is 23.7 Å². The van der Waals surface area contributed by atoms with Crippen molar-refractivity contribution in [3.63, 3.8) is 0 Å². The molecule has 0 aliphatic heterocycles. The standard InChI is InChI=1S/C12H17N5O2S2/c1-2-4-13-12-14-6-11(7-15-12)21(18,19)17-5-3-10-8-20-9-16-10/h6-9,17H,2-5H2,1H3,(H,13,14,15).